The first kappa shape index (κ1) is 41.9. The minimum atomic E-state index is -0.0184. The molecule has 0 spiro atoms. The van der Waals surface area contributed by atoms with Gasteiger partial charge in [0, 0.05) is 26.5 Å². The average Bonchev–Trinajstić information content (AvgIpc) is 3.00. The summed E-state index contributed by atoms with van der Waals surface area (Å²) in [7, 11) is 1.78. The SMILES string of the molecule is CCCCCCCCCOC(=O)CCCCCCCN(CCCCCCCC(=O)OC(CCCC)CCCC)CCOC. The lowest BCUT2D eigenvalue weighted by Crippen LogP contribution is -2.29. The number of esters is 2. The normalized spacial score (nSPS) is 11.5. The van der Waals surface area contributed by atoms with Gasteiger partial charge in [-0.1, -0.05) is 124 Å². The highest BCUT2D eigenvalue weighted by Gasteiger charge is 2.13. The number of rotatable bonds is 34. The van der Waals surface area contributed by atoms with E-state index in [4.69, 9.17) is 14.2 Å². The molecule has 0 amide bonds. The summed E-state index contributed by atoms with van der Waals surface area (Å²) in [5, 5.41) is 0. The van der Waals surface area contributed by atoms with E-state index < -0.39 is 0 Å². The molecule has 256 valence electrons. The number of hydrogen-bond acceptors (Lipinski definition) is 6. The largest absolute Gasteiger partial charge is 0.466 e. The maximum Gasteiger partial charge on any atom is 0.306 e. The molecule has 0 fully saturated rings. The Kier molecular flexibility index (Phi) is 32.9. The molecule has 0 saturated carbocycles. The highest BCUT2D eigenvalue weighted by Crippen LogP contribution is 2.15. The van der Waals surface area contributed by atoms with Crippen molar-refractivity contribution in [1.29, 1.82) is 0 Å². The highest BCUT2D eigenvalue weighted by molar-refractivity contribution is 5.69. The zero-order valence-corrected chi connectivity index (χ0v) is 29.3. The Morgan fingerprint density at radius 2 is 0.977 bits per heavy atom. The monoisotopic (exact) mass is 612 g/mol. The van der Waals surface area contributed by atoms with Gasteiger partial charge >= 0.3 is 11.9 Å². The van der Waals surface area contributed by atoms with Crippen LogP contribution in [0.25, 0.3) is 0 Å². The second kappa shape index (κ2) is 33.7. The Labute approximate surface area is 267 Å². The molecule has 43 heavy (non-hydrogen) atoms. The second-order valence-corrected chi connectivity index (χ2v) is 12.6. The number of hydrogen-bond donors (Lipinski definition) is 0. The molecule has 0 bridgehead atoms. The molecule has 6 heteroatoms. The lowest BCUT2D eigenvalue weighted by Gasteiger charge is -2.22. The summed E-state index contributed by atoms with van der Waals surface area (Å²) in [5.74, 6) is -0.0169. The van der Waals surface area contributed by atoms with Gasteiger partial charge < -0.3 is 19.1 Å². The van der Waals surface area contributed by atoms with Gasteiger partial charge in [-0.15, -0.1) is 0 Å². The molecule has 0 aromatic heterocycles. The van der Waals surface area contributed by atoms with E-state index in [1.807, 2.05) is 0 Å². The Hall–Kier alpha value is -1.14. The molecule has 0 radical (unpaired) electrons. The van der Waals surface area contributed by atoms with Gasteiger partial charge in [-0.3, -0.25) is 9.59 Å². The first-order valence-corrected chi connectivity index (χ1v) is 18.6. The molecule has 0 rings (SSSR count). The summed E-state index contributed by atoms with van der Waals surface area (Å²) in [6, 6.07) is 0. The van der Waals surface area contributed by atoms with Gasteiger partial charge in [0.1, 0.15) is 6.10 Å². The van der Waals surface area contributed by atoms with E-state index >= 15 is 0 Å². The van der Waals surface area contributed by atoms with Crippen LogP contribution in [0.5, 0.6) is 0 Å². The fourth-order valence-electron chi connectivity index (χ4n) is 5.51. The van der Waals surface area contributed by atoms with Crippen molar-refractivity contribution < 1.29 is 23.8 Å². The van der Waals surface area contributed by atoms with Crippen LogP contribution in [0.1, 0.15) is 181 Å². The van der Waals surface area contributed by atoms with Crippen LogP contribution in [0.4, 0.5) is 0 Å². The summed E-state index contributed by atoms with van der Waals surface area (Å²) in [6.45, 7) is 11.2. The molecule has 0 aliphatic rings. The highest BCUT2D eigenvalue weighted by atomic mass is 16.5. The third-order valence-electron chi connectivity index (χ3n) is 8.39. The van der Waals surface area contributed by atoms with Crippen LogP contribution in [0.2, 0.25) is 0 Å². The molecule has 6 nitrogen and oxygen atoms in total. The minimum absolute atomic E-state index is 0.00156. The second-order valence-electron chi connectivity index (χ2n) is 12.6. The van der Waals surface area contributed by atoms with E-state index in [9.17, 15) is 9.59 Å². The third kappa shape index (κ3) is 30.7. The van der Waals surface area contributed by atoms with Crippen LogP contribution in [0.15, 0.2) is 0 Å². The van der Waals surface area contributed by atoms with Crippen LogP contribution in [-0.4, -0.2) is 62.9 Å². The zero-order valence-electron chi connectivity index (χ0n) is 29.3. The summed E-state index contributed by atoms with van der Waals surface area (Å²) in [5.41, 5.74) is 0. The van der Waals surface area contributed by atoms with E-state index in [0.29, 0.717) is 19.4 Å². The van der Waals surface area contributed by atoms with E-state index in [-0.39, 0.29) is 18.0 Å². The van der Waals surface area contributed by atoms with E-state index in [0.717, 1.165) is 96.9 Å². The summed E-state index contributed by atoms with van der Waals surface area (Å²) < 4.78 is 16.5. The van der Waals surface area contributed by atoms with Crippen molar-refractivity contribution in [1.82, 2.24) is 4.90 Å². The zero-order chi connectivity index (χ0) is 31.6. The van der Waals surface area contributed by atoms with Crippen molar-refractivity contribution in [3.8, 4) is 0 Å². The number of carbonyl (C=O) groups is 2. The van der Waals surface area contributed by atoms with Crippen molar-refractivity contribution >= 4 is 11.9 Å². The molecule has 0 aliphatic heterocycles. The van der Waals surface area contributed by atoms with Gasteiger partial charge in [0.05, 0.1) is 13.2 Å². The number of methoxy groups -OCH3 is 1. The molecule has 0 saturated heterocycles. The van der Waals surface area contributed by atoms with Crippen LogP contribution in [0, 0.1) is 0 Å². The van der Waals surface area contributed by atoms with Gasteiger partial charge in [0.25, 0.3) is 0 Å². The number of ether oxygens (including phenoxy) is 3. The van der Waals surface area contributed by atoms with Gasteiger partial charge in [-0.05, 0) is 58.0 Å². The maximum absolute atomic E-state index is 12.3. The van der Waals surface area contributed by atoms with Gasteiger partial charge in [0.2, 0.25) is 0 Å². The Bertz CT molecular complexity index is 592. The summed E-state index contributed by atoms with van der Waals surface area (Å²) >= 11 is 0. The quantitative estimate of drug-likeness (QED) is 0.0533. The molecule has 0 unspecified atom stereocenters. The third-order valence-corrected chi connectivity index (χ3v) is 8.39. The number of unbranched alkanes of at least 4 members (excludes halogenated alkanes) is 16. The lowest BCUT2D eigenvalue weighted by atomic mass is 10.1. The Balaban J connectivity index is 3.81. The van der Waals surface area contributed by atoms with Crippen LogP contribution in [0.3, 0.4) is 0 Å². The molecule has 0 heterocycles. The first-order valence-electron chi connectivity index (χ1n) is 18.6. The predicted octanol–water partition coefficient (Wildman–Crippen LogP) is 10.2. The minimum Gasteiger partial charge on any atom is -0.466 e. The molecule has 0 N–H and O–H groups in total. The molecule has 0 atom stereocenters. The summed E-state index contributed by atoms with van der Waals surface area (Å²) in [6.07, 6.45) is 27.9. The van der Waals surface area contributed by atoms with Crippen molar-refractivity contribution in [3.63, 3.8) is 0 Å². The van der Waals surface area contributed by atoms with Crippen LogP contribution < -0.4 is 0 Å². The van der Waals surface area contributed by atoms with Gasteiger partial charge in [0.15, 0.2) is 0 Å². The fraction of sp³-hybridized carbons (Fsp3) is 0.946. The Morgan fingerprint density at radius 1 is 0.512 bits per heavy atom. The van der Waals surface area contributed by atoms with Crippen molar-refractivity contribution in [2.75, 3.05) is 40.0 Å². The molecule has 0 aliphatic carbocycles. The van der Waals surface area contributed by atoms with Crippen molar-refractivity contribution in [2.45, 2.75) is 187 Å². The van der Waals surface area contributed by atoms with Gasteiger partial charge in [-0.2, -0.15) is 0 Å². The predicted molar refractivity (Wildman–Crippen MR) is 182 cm³/mol. The number of carbonyl (C=O) groups excluding carboxylic acids is 2. The summed E-state index contributed by atoms with van der Waals surface area (Å²) in [4.78, 5) is 26.8. The topological polar surface area (TPSA) is 65.1 Å². The fourth-order valence-corrected chi connectivity index (χ4v) is 5.51. The Morgan fingerprint density at radius 3 is 1.51 bits per heavy atom. The lowest BCUT2D eigenvalue weighted by molar-refractivity contribution is -0.150. The van der Waals surface area contributed by atoms with Crippen LogP contribution in [-0.2, 0) is 23.8 Å². The number of nitrogens with zero attached hydrogens (tertiary/aromatic N) is 1. The molecule has 0 aromatic carbocycles. The van der Waals surface area contributed by atoms with Gasteiger partial charge in [-0.25, -0.2) is 0 Å². The van der Waals surface area contributed by atoms with E-state index in [2.05, 4.69) is 25.7 Å². The molecular weight excluding hydrogens is 538 g/mol. The first-order chi connectivity index (χ1) is 21.1. The van der Waals surface area contributed by atoms with Crippen molar-refractivity contribution in [3.05, 3.63) is 0 Å². The molecule has 0 aromatic rings. The van der Waals surface area contributed by atoms with E-state index in [1.54, 1.807) is 7.11 Å². The standard InChI is InChI=1S/C37H73NO5/c1-5-8-11-12-13-20-25-33-42-36(39)28-21-16-14-18-23-30-38(32-34-41-4)31-24-19-15-17-22-29-37(40)43-35(26-9-6-2)27-10-7-3/h35H,5-34H2,1-4H3. The van der Waals surface area contributed by atoms with Crippen LogP contribution >= 0.6 is 0 Å². The molecular formula is C37H73NO5. The smallest absolute Gasteiger partial charge is 0.306 e. The maximum atomic E-state index is 12.3. The van der Waals surface area contributed by atoms with Crippen molar-refractivity contribution in [2.24, 2.45) is 0 Å². The average molecular weight is 612 g/mol. The van der Waals surface area contributed by atoms with E-state index in [1.165, 1.54) is 77.0 Å².